The Hall–Kier alpha value is -2.27. The molecule has 1 N–H and O–H groups in total. The van der Waals surface area contributed by atoms with Gasteiger partial charge in [0.15, 0.2) is 5.78 Å². The minimum Gasteiger partial charge on any atom is -0.497 e. The molecule has 1 aliphatic rings. The molecule has 2 aromatic rings. The van der Waals surface area contributed by atoms with Crippen LogP contribution in [0.2, 0.25) is 0 Å². The van der Waals surface area contributed by atoms with E-state index in [1.54, 1.807) is 31.4 Å². The lowest BCUT2D eigenvalue weighted by molar-refractivity contribution is -0.117. The van der Waals surface area contributed by atoms with Gasteiger partial charge in [-0.05, 0) is 61.4 Å². The minimum atomic E-state index is 0.0776. The second-order valence-corrected chi connectivity index (χ2v) is 6.78. The number of thioether (sulfide) groups is 1. The summed E-state index contributed by atoms with van der Waals surface area (Å²) in [6, 6.07) is 14.7. The van der Waals surface area contributed by atoms with E-state index in [-0.39, 0.29) is 17.6 Å². The van der Waals surface area contributed by atoms with E-state index in [1.165, 1.54) is 11.8 Å². The van der Waals surface area contributed by atoms with Gasteiger partial charge in [-0.15, -0.1) is 11.8 Å². The number of benzene rings is 2. The zero-order valence-corrected chi connectivity index (χ0v) is 14.3. The van der Waals surface area contributed by atoms with Gasteiger partial charge in [0.05, 0.1) is 12.9 Å². The van der Waals surface area contributed by atoms with Gasteiger partial charge in [0.1, 0.15) is 5.75 Å². The Morgan fingerprint density at radius 3 is 2.33 bits per heavy atom. The zero-order valence-electron chi connectivity index (χ0n) is 13.5. The molecule has 0 aliphatic heterocycles. The number of rotatable bonds is 7. The number of anilines is 1. The third-order valence-corrected chi connectivity index (χ3v) is 4.86. The van der Waals surface area contributed by atoms with Crippen LogP contribution in [0.5, 0.6) is 5.75 Å². The summed E-state index contributed by atoms with van der Waals surface area (Å²) in [5, 5.41) is 2.91. The smallest absolute Gasteiger partial charge is 0.227 e. The highest BCUT2D eigenvalue weighted by molar-refractivity contribution is 8.00. The number of Topliss-reactive ketones (excluding diaryl/α,β-unsaturated/α-hetero) is 1. The summed E-state index contributed by atoms with van der Waals surface area (Å²) in [5.74, 6) is 1.49. The van der Waals surface area contributed by atoms with E-state index in [1.807, 2.05) is 24.3 Å². The van der Waals surface area contributed by atoms with Gasteiger partial charge in [-0.2, -0.15) is 0 Å². The molecule has 5 heteroatoms. The highest BCUT2D eigenvalue weighted by Crippen LogP contribution is 2.30. The molecule has 4 nitrogen and oxygen atoms in total. The second-order valence-electron chi connectivity index (χ2n) is 5.73. The standard InChI is InChI=1S/C19H19NO3S/c1-23-16-8-4-13(5-9-16)18(21)12-24-17-10-6-15(7-11-17)20-19(22)14-2-3-14/h4-11,14H,2-3,12H2,1H3,(H,20,22). The molecule has 1 aliphatic carbocycles. The molecule has 2 aromatic carbocycles. The molecule has 0 heterocycles. The van der Waals surface area contributed by atoms with Crippen molar-refractivity contribution in [2.24, 2.45) is 5.92 Å². The Bertz CT molecular complexity index is 721. The number of amides is 1. The van der Waals surface area contributed by atoms with Crippen molar-refractivity contribution < 1.29 is 14.3 Å². The lowest BCUT2D eigenvalue weighted by Gasteiger charge is -2.06. The first-order valence-electron chi connectivity index (χ1n) is 7.86. The van der Waals surface area contributed by atoms with Crippen molar-refractivity contribution in [1.29, 1.82) is 0 Å². The van der Waals surface area contributed by atoms with Gasteiger partial charge in [0, 0.05) is 22.1 Å². The van der Waals surface area contributed by atoms with Crippen LogP contribution in [0.15, 0.2) is 53.4 Å². The Morgan fingerprint density at radius 1 is 1.08 bits per heavy atom. The van der Waals surface area contributed by atoms with Crippen LogP contribution in [0.25, 0.3) is 0 Å². The van der Waals surface area contributed by atoms with Gasteiger partial charge >= 0.3 is 0 Å². The van der Waals surface area contributed by atoms with Crippen molar-refractivity contribution in [3.8, 4) is 5.75 Å². The molecule has 1 fully saturated rings. The van der Waals surface area contributed by atoms with Crippen molar-refractivity contribution >= 4 is 29.1 Å². The third-order valence-electron chi connectivity index (χ3n) is 3.85. The first kappa shape index (κ1) is 16.6. The summed E-state index contributed by atoms with van der Waals surface area (Å²) in [6.45, 7) is 0. The van der Waals surface area contributed by atoms with Crippen LogP contribution in [-0.2, 0) is 4.79 Å². The maximum atomic E-state index is 12.2. The molecule has 3 rings (SSSR count). The SMILES string of the molecule is COc1ccc(C(=O)CSc2ccc(NC(=O)C3CC3)cc2)cc1. The van der Waals surface area contributed by atoms with E-state index in [4.69, 9.17) is 4.74 Å². The molecule has 0 aromatic heterocycles. The van der Waals surface area contributed by atoms with E-state index >= 15 is 0 Å². The minimum absolute atomic E-state index is 0.0776. The lowest BCUT2D eigenvalue weighted by atomic mass is 10.1. The molecular weight excluding hydrogens is 322 g/mol. The molecule has 0 unspecified atom stereocenters. The van der Waals surface area contributed by atoms with Gasteiger partial charge < -0.3 is 10.1 Å². The number of methoxy groups -OCH3 is 1. The van der Waals surface area contributed by atoms with E-state index in [0.29, 0.717) is 11.3 Å². The number of carbonyl (C=O) groups excluding carboxylic acids is 2. The van der Waals surface area contributed by atoms with Crippen LogP contribution in [0.3, 0.4) is 0 Å². The first-order chi connectivity index (χ1) is 11.7. The molecule has 1 amide bonds. The summed E-state index contributed by atoms with van der Waals surface area (Å²) < 4.78 is 5.09. The molecule has 0 atom stereocenters. The maximum absolute atomic E-state index is 12.2. The third kappa shape index (κ3) is 4.38. The summed E-state index contributed by atoms with van der Waals surface area (Å²) in [7, 11) is 1.60. The Balaban J connectivity index is 1.51. The maximum Gasteiger partial charge on any atom is 0.227 e. The summed E-state index contributed by atoms with van der Waals surface area (Å²) in [4.78, 5) is 24.9. The van der Waals surface area contributed by atoms with Crippen LogP contribution >= 0.6 is 11.8 Å². The van der Waals surface area contributed by atoms with E-state index < -0.39 is 0 Å². The van der Waals surface area contributed by atoms with Crippen LogP contribution in [-0.4, -0.2) is 24.6 Å². The molecule has 0 radical (unpaired) electrons. The van der Waals surface area contributed by atoms with Gasteiger partial charge in [0.2, 0.25) is 5.91 Å². The average molecular weight is 341 g/mol. The van der Waals surface area contributed by atoms with Crippen molar-refractivity contribution in [3.63, 3.8) is 0 Å². The predicted octanol–water partition coefficient (Wildman–Crippen LogP) is 4.02. The van der Waals surface area contributed by atoms with Crippen molar-refractivity contribution in [1.82, 2.24) is 0 Å². The van der Waals surface area contributed by atoms with Crippen molar-refractivity contribution in [3.05, 3.63) is 54.1 Å². The topological polar surface area (TPSA) is 55.4 Å². The molecule has 0 bridgehead atoms. The molecule has 124 valence electrons. The van der Waals surface area contributed by atoms with E-state index in [9.17, 15) is 9.59 Å². The fourth-order valence-corrected chi connectivity index (χ4v) is 3.03. The fraction of sp³-hybridized carbons (Fsp3) is 0.263. The van der Waals surface area contributed by atoms with Crippen molar-refractivity contribution in [2.75, 3.05) is 18.2 Å². The second kappa shape index (κ2) is 7.53. The number of nitrogens with one attached hydrogen (secondary N) is 1. The van der Waals surface area contributed by atoms with Crippen molar-refractivity contribution in [2.45, 2.75) is 17.7 Å². The molecule has 0 saturated heterocycles. The number of ketones is 1. The van der Waals surface area contributed by atoms with Crippen LogP contribution in [0.1, 0.15) is 23.2 Å². The zero-order chi connectivity index (χ0) is 16.9. The average Bonchev–Trinajstić information content (AvgIpc) is 3.46. The molecule has 1 saturated carbocycles. The van der Waals surface area contributed by atoms with Gasteiger partial charge in [-0.25, -0.2) is 0 Å². The Labute approximate surface area is 145 Å². The number of hydrogen-bond acceptors (Lipinski definition) is 4. The van der Waals surface area contributed by atoms with Crippen LogP contribution < -0.4 is 10.1 Å². The summed E-state index contributed by atoms with van der Waals surface area (Å²) in [6.07, 6.45) is 1.99. The summed E-state index contributed by atoms with van der Waals surface area (Å²) >= 11 is 1.49. The van der Waals surface area contributed by atoms with Crippen LogP contribution in [0.4, 0.5) is 5.69 Å². The van der Waals surface area contributed by atoms with Gasteiger partial charge in [-0.3, -0.25) is 9.59 Å². The largest absolute Gasteiger partial charge is 0.497 e. The summed E-state index contributed by atoms with van der Waals surface area (Å²) in [5.41, 5.74) is 1.48. The molecular formula is C19H19NO3S. The lowest BCUT2D eigenvalue weighted by Crippen LogP contribution is -2.12. The van der Waals surface area contributed by atoms with Gasteiger partial charge in [-0.1, -0.05) is 0 Å². The number of hydrogen-bond donors (Lipinski definition) is 1. The number of ether oxygens (including phenoxy) is 1. The monoisotopic (exact) mass is 341 g/mol. The highest BCUT2D eigenvalue weighted by Gasteiger charge is 2.29. The normalized spacial score (nSPS) is 13.4. The van der Waals surface area contributed by atoms with E-state index in [0.717, 1.165) is 29.2 Å². The molecule has 24 heavy (non-hydrogen) atoms. The molecule has 0 spiro atoms. The van der Waals surface area contributed by atoms with E-state index in [2.05, 4.69) is 5.32 Å². The quantitative estimate of drug-likeness (QED) is 0.610. The first-order valence-corrected chi connectivity index (χ1v) is 8.85. The Kier molecular flexibility index (Phi) is 5.20. The number of carbonyl (C=O) groups is 2. The highest BCUT2D eigenvalue weighted by atomic mass is 32.2. The van der Waals surface area contributed by atoms with Crippen LogP contribution in [0, 0.1) is 5.92 Å². The fourth-order valence-electron chi connectivity index (χ4n) is 2.23. The predicted molar refractivity (Wildman–Crippen MR) is 95.8 cm³/mol. The van der Waals surface area contributed by atoms with Gasteiger partial charge in [0.25, 0.3) is 0 Å². The Morgan fingerprint density at radius 2 is 1.75 bits per heavy atom.